The zero-order valence-electron chi connectivity index (χ0n) is 19.9. The number of hydrogen-bond donors (Lipinski definition) is 3. The molecule has 2 aliphatic rings. The van der Waals surface area contributed by atoms with Gasteiger partial charge < -0.3 is 9.84 Å². The molecule has 0 aliphatic heterocycles. The summed E-state index contributed by atoms with van der Waals surface area (Å²) in [5, 5.41) is 7.18. The number of hydrazine groups is 1. The molecule has 184 valence electrons. The van der Waals surface area contributed by atoms with Crippen LogP contribution in [-0.2, 0) is 34.4 Å². The average Bonchev–Trinajstić information content (AvgIpc) is 3.38. The van der Waals surface area contributed by atoms with E-state index in [1.807, 2.05) is 6.07 Å². The summed E-state index contributed by atoms with van der Waals surface area (Å²) in [5.41, 5.74) is 5.61. The molecule has 2 aromatic heterocycles. The molecule has 0 saturated heterocycles. The fourth-order valence-electron chi connectivity index (χ4n) is 4.91. The van der Waals surface area contributed by atoms with E-state index < -0.39 is 5.54 Å². The van der Waals surface area contributed by atoms with Crippen LogP contribution in [-0.4, -0.2) is 27.9 Å². The summed E-state index contributed by atoms with van der Waals surface area (Å²) in [7, 11) is 0. The predicted octanol–water partition coefficient (Wildman–Crippen LogP) is 3.34. The lowest BCUT2D eigenvalue weighted by atomic mass is 9.89. The molecule has 34 heavy (non-hydrogen) atoms. The number of carbonyl (C=O) groups excluding carboxylic acids is 3. The molecule has 2 heterocycles. The van der Waals surface area contributed by atoms with Crippen molar-refractivity contribution in [2.24, 2.45) is 5.92 Å². The fraction of sp³-hybridized carbons (Fsp3) is 0.625. The zero-order chi connectivity index (χ0) is 24.1. The molecule has 9 nitrogen and oxygen atoms in total. The Hall–Kier alpha value is -2.75. The van der Waals surface area contributed by atoms with E-state index in [0.717, 1.165) is 57.8 Å². The number of carbonyl (C=O) groups is 3. The van der Waals surface area contributed by atoms with Crippen molar-refractivity contribution >= 4 is 29.1 Å². The lowest BCUT2D eigenvalue weighted by Gasteiger charge is -2.30. The van der Waals surface area contributed by atoms with E-state index in [0.29, 0.717) is 22.5 Å². The molecule has 0 radical (unpaired) electrons. The molecule has 1 unspecified atom stereocenters. The Labute approximate surface area is 203 Å². The van der Waals surface area contributed by atoms with E-state index in [2.05, 4.69) is 33.2 Å². The van der Waals surface area contributed by atoms with Crippen LogP contribution in [0.15, 0.2) is 10.6 Å². The number of thiophene rings is 1. The number of hydrogen-bond acceptors (Lipinski definition) is 7. The van der Waals surface area contributed by atoms with Gasteiger partial charge in [0.2, 0.25) is 17.7 Å². The Morgan fingerprint density at radius 2 is 1.94 bits per heavy atom. The van der Waals surface area contributed by atoms with Gasteiger partial charge in [-0.05, 0) is 49.7 Å². The number of rotatable bonds is 6. The van der Waals surface area contributed by atoms with E-state index in [1.165, 1.54) is 28.7 Å². The van der Waals surface area contributed by atoms with E-state index >= 15 is 0 Å². The monoisotopic (exact) mass is 487 g/mol. The molecule has 1 atom stereocenters. The van der Waals surface area contributed by atoms with Crippen LogP contribution in [0.1, 0.15) is 97.0 Å². The van der Waals surface area contributed by atoms with Crippen molar-refractivity contribution in [2.75, 3.05) is 0 Å². The predicted molar refractivity (Wildman–Crippen MR) is 127 cm³/mol. The molecule has 0 spiro atoms. The van der Waals surface area contributed by atoms with Crippen molar-refractivity contribution in [2.45, 2.75) is 90.0 Å². The van der Waals surface area contributed by atoms with E-state index in [4.69, 9.17) is 4.52 Å². The molecule has 4 rings (SSSR count). The SMILES string of the molecule is CC(=O)NC1(c2noc(CCC(=O)NNC(=O)c3cc4c(s3)CCC(C)C4)n2)CCCCCC1. The Morgan fingerprint density at radius 3 is 2.68 bits per heavy atom. The van der Waals surface area contributed by atoms with Gasteiger partial charge in [0.15, 0.2) is 5.82 Å². The van der Waals surface area contributed by atoms with Gasteiger partial charge in [-0.2, -0.15) is 4.98 Å². The minimum Gasteiger partial charge on any atom is -0.343 e. The van der Waals surface area contributed by atoms with Gasteiger partial charge in [0.25, 0.3) is 5.91 Å². The fourth-order valence-corrected chi connectivity index (χ4v) is 6.02. The highest BCUT2D eigenvalue weighted by atomic mass is 32.1. The first-order valence-corrected chi connectivity index (χ1v) is 13.0. The van der Waals surface area contributed by atoms with Crippen LogP contribution in [0.2, 0.25) is 0 Å². The molecule has 2 aliphatic carbocycles. The van der Waals surface area contributed by atoms with Gasteiger partial charge in [0.1, 0.15) is 5.54 Å². The average molecular weight is 488 g/mol. The summed E-state index contributed by atoms with van der Waals surface area (Å²) in [4.78, 5) is 43.0. The quantitative estimate of drug-likeness (QED) is 0.424. The van der Waals surface area contributed by atoms with E-state index in [1.54, 1.807) is 0 Å². The molecule has 10 heteroatoms. The minimum atomic E-state index is -0.613. The van der Waals surface area contributed by atoms with Gasteiger partial charge >= 0.3 is 0 Å². The third-order valence-corrected chi connectivity index (χ3v) is 7.94. The first kappa shape index (κ1) is 24.4. The van der Waals surface area contributed by atoms with Crippen molar-refractivity contribution in [3.63, 3.8) is 0 Å². The second-order valence-electron chi connectivity index (χ2n) is 9.60. The topological polar surface area (TPSA) is 126 Å². The Balaban J connectivity index is 1.29. The molecule has 0 bridgehead atoms. The number of fused-ring (bicyclic) bond motifs is 1. The summed E-state index contributed by atoms with van der Waals surface area (Å²) in [6, 6.07) is 1.94. The van der Waals surface area contributed by atoms with Crippen LogP contribution in [0, 0.1) is 5.92 Å². The van der Waals surface area contributed by atoms with Crippen molar-refractivity contribution in [1.82, 2.24) is 26.3 Å². The van der Waals surface area contributed by atoms with Crippen LogP contribution >= 0.6 is 11.3 Å². The maximum absolute atomic E-state index is 12.5. The lowest BCUT2D eigenvalue weighted by Crippen LogP contribution is -2.45. The highest BCUT2D eigenvalue weighted by Crippen LogP contribution is 2.35. The summed E-state index contributed by atoms with van der Waals surface area (Å²) in [5.74, 6) is 0.693. The maximum Gasteiger partial charge on any atom is 0.279 e. The first-order valence-electron chi connectivity index (χ1n) is 12.2. The molecule has 3 amide bonds. The summed E-state index contributed by atoms with van der Waals surface area (Å²) >= 11 is 1.50. The standard InChI is InChI=1S/C24H33N5O4S/c1-15-7-8-18-17(13-15)14-19(34-18)22(32)28-27-20(31)9-10-21-25-23(29-33-21)24(26-16(2)30)11-5-3-4-6-12-24/h14-15H,3-13H2,1-2H3,(H,26,30)(H,27,31)(H,28,32). The van der Waals surface area contributed by atoms with Gasteiger partial charge in [-0.3, -0.25) is 25.2 Å². The summed E-state index contributed by atoms with van der Waals surface area (Å²) in [6.45, 7) is 3.72. The number of aromatic nitrogens is 2. The van der Waals surface area contributed by atoms with Crippen molar-refractivity contribution < 1.29 is 18.9 Å². The maximum atomic E-state index is 12.5. The smallest absolute Gasteiger partial charge is 0.279 e. The second-order valence-corrected chi connectivity index (χ2v) is 10.7. The molecule has 1 fully saturated rings. The van der Waals surface area contributed by atoms with Crippen LogP contribution in [0.4, 0.5) is 0 Å². The Morgan fingerprint density at radius 1 is 1.18 bits per heavy atom. The number of nitrogens with zero attached hydrogens (tertiary/aromatic N) is 2. The van der Waals surface area contributed by atoms with Gasteiger partial charge in [0, 0.05) is 24.6 Å². The van der Waals surface area contributed by atoms with Crippen molar-refractivity contribution in [1.29, 1.82) is 0 Å². The van der Waals surface area contributed by atoms with Crippen molar-refractivity contribution in [3.8, 4) is 0 Å². The number of aryl methyl sites for hydroxylation is 2. The molecule has 1 saturated carbocycles. The van der Waals surface area contributed by atoms with Crippen LogP contribution < -0.4 is 16.2 Å². The minimum absolute atomic E-state index is 0.0908. The normalized spacial score (nSPS) is 19.5. The Kier molecular flexibility index (Phi) is 7.65. The van der Waals surface area contributed by atoms with Gasteiger partial charge in [-0.1, -0.05) is 37.8 Å². The molecule has 0 aromatic carbocycles. The highest BCUT2D eigenvalue weighted by molar-refractivity contribution is 7.14. The van der Waals surface area contributed by atoms with Gasteiger partial charge in [-0.25, -0.2) is 0 Å². The largest absolute Gasteiger partial charge is 0.343 e. The van der Waals surface area contributed by atoms with Gasteiger partial charge in [-0.15, -0.1) is 11.3 Å². The van der Waals surface area contributed by atoms with Crippen molar-refractivity contribution in [3.05, 3.63) is 33.1 Å². The molecule has 3 N–H and O–H groups in total. The lowest BCUT2D eigenvalue weighted by molar-refractivity contribution is -0.122. The third-order valence-electron chi connectivity index (χ3n) is 6.70. The first-order chi connectivity index (χ1) is 16.3. The summed E-state index contributed by atoms with van der Waals surface area (Å²) < 4.78 is 5.39. The second kappa shape index (κ2) is 10.7. The summed E-state index contributed by atoms with van der Waals surface area (Å²) in [6.07, 6.45) is 9.23. The number of amides is 3. The van der Waals surface area contributed by atoms with E-state index in [9.17, 15) is 14.4 Å². The zero-order valence-corrected chi connectivity index (χ0v) is 20.7. The van der Waals surface area contributed by atoms with Crippen LogP contribution in [0.5, 0.6) is 0 Å². The van der Waals surface area contributed by atoms with Crippen LogP contribution in [0.25, 0.3) is 0 Å². The van der Waals surface area contributed by atoms with Crippen LogP contribution in [0.3, 0.4) is 0 Å². The molecular formula is C24H33N5O4S. The number of nitrogens with one attached hydrogen (secondary N) is 3. The highest BCUT2D eigenvalue weighted by Gasteiger charge is 2.38. The molecule has 2 aromatic rings. The molecular weight excluding hydrogens is 454 g/mol. The van der Waals surface area contributed by atoms with E-state index in [-0.39, 0.29) is 30.6 Å². The third kappa shape index (κ3) is 5.84. The van der Waals surface area contributed by atoms with Gasteiger partial charge in [0.05, 0.1) is 4.88 Å². The Bertz CT molecular complexity index is 1040.